The monoisotopic (exact) mass is 530 g/mol. The molecule has 8 rings (SSSR count). The van der Waals surface area contributed by atoms with Gasteiger partial charge in [-0.1, -0.05) is 11.6 Å². The average Bonchev–Trinajstić information content (AvgIpc) is 3.42. The van der Waals surface area contributed by atoms with Gasteiger partial charge in [0.25, 0.3) is 0 Å². The average molecular weight is 531 g/mol. The van der Waals surface area contributed by atoms with Gasteiger partial charge in [-0.25, -0.2) is 23.4 Å². The van der Waals surface area contributed by atoms with Crippen LogP contribution in [0.3, 0.4) is 0 Å². The van der Waals surface area contributed by atoms with E-state index in [0.29, 0.717) is 62.2 Å². The first-order valence-corrected chi connectivity index (χ1v) is 13.2. The topological polar surface area (TPSA) is 88.3 Å². The molecule has 2 bridgehead atoms. The van der Waals surface area contributed by atoms with Gasteiger partial charge in [0.05, 0.1) is 48.3 Å². The van der Waals surface area contributed by atoms with Crippen LogP contribution in [0, 0.1) is 6.92 Å². The highest BCUT2D eigenvalue weighted by Crippen LogP contribution is 2.68. The number of fused-ring (bicyclic) bond motifs is 1. The molecular formula is C26H29ClF2N6O2. The van der Waals surface area contributed by atoms with Crippen LogP contribution in [0.5, 0.6) is 0 Å². The standard InChI is InChI=1S/C26H29ClF2N6O2/c1-14-4-15-6-30-24(33-20-7-31-35(23(20)27)26-11-25(29,12-26)13-26)32-19(15)5-17(14)16-2-3-34(8-18(16)28)21-9-37-10-22(21)36/h4-7,16,18,21-22,36H,2-3,8-13H2,1H3,(H,30,32,33)/t16?,18?,21-,22?,25?,26?/m1/s1. The molecule has 0 radical (unpaired) electrons. The molecule has 2 N–H and O–H groups in total. The third kappa shape index (κ3) is 3.75. The van der Waals surface area contributed by atoms with Crippen molar-refractivity contribution in [3.63, 3.8) is 0 Å². The number of piperidine rings is 1. The second-order valence-electron chi connectivity index (χ2n) is 11.3. The zero-order chi connectivity index (χ0) is 25.5. The molecule has 196 valence electrons. The van der Waals surface area contributed by atoms with Gasteiger partial charge in [0.1, 0.15) is 11.8 Å². The normalized spacial score (nSPS) is 35.4. The van der Waals surface area contributed by atoms with Gasteiger partial charge in [-0.3, -0.25) is 4.90 Å². The van der Waals surface area contributed by atoms with Gasteiger partial charge in [0.2, 0.25) is 5.95 Å². The number of ether oxygens (including phenoxy) is 1. The summed E-state index contributed by atoms with van der Waals surface area (Å²) in [6, 6.07) is 3.83. The molecule has 3 unspecified atom stereocenters. The Morgan fingerprint density at radius 2 is 2.03 bits per heavy atom. The summed E-state index contributed by atoms with van der Waals surface area (Å²) in [6.07, 6.45) is 3.77. The minimum atomic E-state index is -1.05. The van der Waals surface area contributed by atoms with Crippen molar-refractivity contribution in [3.05, 3.63) is 40.8 Å². The molecule has 37 heavy (non-hydrogen) atoms. The van der Waals surface area contributed by atoms with Crippen molar-refractivity contribution in [1.82, 2.24) is 24.6 Å². The quantitative estimate of drug-likeness (QED) is 0.515. The van der Waals surface area contributed by atoms with Crippen LogP contribution in [0.2, 0.25) is 5.15 Å². The first-order chi connectivity index (χ1) is 17.7. The molecule has 2 aliphatic heterocycles. The molecule has 3 saturated carbocycles. The summed E-state index contributed by atoms with van der Waals surface area (Å²) in [5.74, 6) is 0.121. The molecule has 2 saturated heterocycles. The molecule has 1 aromatic carbocycles. The van der Waals surface area contributed by atoms with Gasteiger partial charge in [0.15, 0.2) is 5.15 Å². The lowest BCUT2D eigenvalue weighted by atomic mass is 9.47. The van der Waals surface area contributed by atoms with E-state index in [1.165, 1.54) is 0 Å². The van der Waals surface area contributed by atoms with E-state index in [1.807, 2.05) is 24.0 Å². The Kier molecular flexibility index (Phi) is 5.31. The molecular weight excluding hydrogens is 502 g/mol. The van der Waals surface area contributed by atoms with Crippen molar-refractivity contribution >= 4 is 34.1 Å². The summed E-state index contributed by atoms with van der Waals surface area (Å²) in [5, 5.41) is 19.0. The van der Waals surface area contributed by atoms with Crippen LogP contribution in [-0.2, 0) is 10.3 Å². The second kappa shape index (κ2) is 8.30. The summed E-state index contributed by atoms with van der Waals surface area (Å²) < 4.78 is 36.5. The maximum absolute atomic E-state index is 15.5. The van der Waals surface area contributed by atoms with Gasteiger partial charge in [-0.15, -0.1) is 0 Å². The van der Waals surface area contributed by atoms with Crippen LogP contribution in [0.4, 0.5) is 20.4 Å². The van der Waals surface area contributed by atoms with Crippen LogP contribution in [-0.4, -0.2) is 80.0 Å². The Bertz CT molecular complexity index is 1360. The van der Waals surface area contributed by atoms with E-state index in [-0.39, 0.29) is 24.0 Å². The SMILES string of the molecule is Cc1cc2cnc(Nc3cnn(C45CC(F)(C4)C5)c3Cl)nc2cc1C1CCN([C@@H]2COCC2O)CC1F. The van der Waals surface area contributed by atoms with Crippen molar-refractivity contribution in [1.29, 1.82) is 0 Å². The van der Waals surface area contributed by atoms with Crippen molar-refractivity contribution < 1.29 is 18.6 Å². The highest BCUT2D eigenvalue weighted by atomic mass is 35.5. The number of nitrogens with zero attached hydrogens (tertiary/aromatic N) is 5. The molecule has 5 fully saturated rings. The first-order valence-electron chi connectivity index (χ1n) is 12.8. The third-order valence-corrected chi connectivity index (χ3v) is 9.14. The fraction of sp³-hybridized carbons (Fsp3) is 0.577. The van der Waals surface area contributed by atoms with E-state index in [4.69, 9.17) is 16.3 Å². The van der Waals surface area contributed by atoms with Gasteiger partial charge >= 0.3 is 0 Å². The van der Waals surface area contributed by atoms with Crippen LogP contribution in [0.15, 0.2) is 24.5 Å². The van der Waals surface area contributed by atoms with E-state index < -0.39 is 17.9 Å². The highest BCUT2D eigenvalue weighted by molar-refractivity contribution is 6.32. The van der Waals surface area contributed by atoms with E-state index in [1.54, 1.807) is 17.1 Å². The Morgan fingerprint density at radius 3 is 2.73 bits per heavy atom. The number of aliphatic hydroxyl groups excluding tert-OH is 1. The smallest absolute Gasteiger partial charge is 0.227 e. The number of rotatable bonds is 5. The van der Waals surface area contributed by atoms with E-state index in [0.717, 1.165) is 22.0 Å². The number of nitrogens with one attached hydrogen (secondary N) is 1. The molecule has 11 heteroatoms. The molecule has 0 spiro atoms. The lowest BCUT2D eigenvalue weighted by Crippen LogP contribution is -2.70. The van der Waals surface area contributed by atoms with Gasteiger partial charge in [-0.05, 0) is 43.1 Å². The molecule has 3 aromatic rings. The zero-order valence-corrected chi connectivity index (χ0v) is 21.3. The summed E-state index contributed by atoms with van der Waals surface area (Å²) in [6.45, 7) is 3.73. The Balaban J connectivity index is 1.11. The van der Waals surface area contributed by atoms with Gasteiger partial charge in [0, 0.05) is 43.3 Å². The second-order valence-corrected chi connectivity index (χ2v) is 11.7. The molecule has 8 nitrogen and oxygen atoms in total. The number of aromatic nitrogens is 4. The maximum atomic E-state index is 15.5. The molecule has 0 amide bonds. The summed E-state index contributed by atoms with van der Waals surface area (Å²) in [4.78, 5) is 11.1. The summed E-state index contributed by atoms with van der Waals surface area (Å²) >= 11 is 6.58. The fourth-order valence-electron chi connectivity index (χ4n) is 6.84. The van der Waals surface area contributed by atoms with E-state index in [2.05, 4.69) is 20.4 Å². The minimum absolute atomic E-state index is 0.137. The van der Waals surface area contributed by atoms with E-state index in [9.17, 15) is 9.50 Å². The number of halogens is 3. The largest absolute Gasteiger partial charge is 0.389 e. The minimum Gasteiger partial charge on any atom is -0.389 e. The number of likely N-dealkylation sites (tertiary alicyclic amines) is 1. The lowest BCUT2D eigenvalue weighted by Gasteiger charge is -2.65. The van der Waals surface area contributed by atoms with Gasteiger partial charge < -0.3 is 15.2 Å². The van der Waals surface area contributed by atoms with Crippen molar-refractivity contribution in [2.24, 2.45) is 0 Å². The number of anilines is 2. The van der Waals surface area contributed by atoms with Crippen LogP contribution < -0.4 is 5.32 Å². The third-order valence-electron chi connectivity index (χ3n) is 8.77. The zero-order valence-electron chi connectivity index (χ0n) is 20.5. The molecule has 3 aliphatic carbocycles. The summed E-state index contributed by atoms with van der Waals surface area (Å²) in [5.41, 5.74) is 1.90. The van der Waals surface area contributed by atoms with Crippen molar-refractivity contribution in [2.45, 2.75) is 68.1 Å². The predicted molar refractivity (Wildman–Crippen MR) is 135 cm³/mol. The number of aryl methyl sites for hydroxylation is 1. The highest BCUT2D eigenvalue weighted by Gasteiger charge is 2.71. The van der Waals surface area contributed by atoms with Crippen LogP contribution in [0.1, 0.15) is 42.7 Å². The predicted octanol–water partition coefficient (Wildman–Crippen LogP) is 4.02. The number of hydrogen-bond acceptors (Lipinski definition) is 7. The Hall–Kier alpha value is -2.40. The van der Waals surface area contributed by atoms with Crippen LogP contribution >= 0.6 is 11.6 Å². The first kappa shape index (κ1) is 23.7. The lowest BCUT2D eigenvalue weighted by molar-refractivity contribution is -0.203. The van der Waals surface area contributed by atoms with Crippen LogP contribution in [0.25, 0.3) is 10.9 Å². The maximum Gasteiger partial charge on any atom is 0.227 e. The fourth-order valence-corrected chi connectivity index (χ4v) is 7.15. The summed E-state index contributed by atoms with van der Waals surface area (Å²) in [7, 11) is 0. The van der Waals surface area contributed by atoms with Gasteiger partial charge in [-0.2, -0.15) is 5.10 Å². The molecule has 4 atom stereocenters. The Labute approximate surface area is 218 Å². The van der Waals surface area contributed by atoms with E-state index >= 15 is 4.39 Å². The molecule has 4 heterocycles. The van der Waals surface area contributed by atoms with Crippen molar-refractivity contribution in [2.75, 3.05) is 31.6 Å². The Morgan fingerprint density at radius 1 is 1.22 bits per heavy atom. The van der Waals surface area contributed by atoms with Crippen molar-refractivity contribution in [3.8, 4) is 0 Å². The number of hydrogen-bond donors (Lipinski definition) is 2. The number of alkyl halides is 2. The molecule has 2 aromatic heterocycles. The number of benzene rings is 1. The molecule has 5 aliphatic rings. The number of aliphatic hydroxyl groups is 1.